The minimum absolute atomic E-state index is 0.235. The smallest absolute Gasteiger partial charge is 0.115 e. The summed E-state index contributed by atoms with van der Waals surface area (Å²) in [6, 6.07) is 22.9. The van der Waals surface area contributed by atoms with Crippen LogP contribution in [0.2, 0.25) is 0 Å². The topological polar surface area (TPSA) is 58.3 Å². The molecule has 0 atom stereocenters. The molecular weight excluding hydrogens is 372 g/mol. The normalized spacial score (nSPS) is 11.2. The lowest BCUT2D eigenvalue weighted by Gasteiger charge is -2.11. The highest BCUT2D eigenvalue weighted by Crippen LogP contribution is 2.36. The van der Waals surface area contributed by atoms with E-state index in [-0.39, 0.29) is 11.5 Å². The van der Waals surface area contributed by atoms with Gasteiger partial charge < -0.3 is 10.2 Å². The van der Waals surface area contributed by atoms with Crippen LogP contribution in [0.25, 0.3) is 28.2 Å². The molecule has 4 aromatic rings. The van der Waals surface area contributed by atoms with Crippen LogP contribution >= 0.6 is 0 Å². The van der Waals surface area contributed by atoms with Crippen LogP contribution < -0.4 is 0 Å². The summed E-state index contributed by atoms with van der Waals surface area (Å²) >= 11 is 0. The minimum atomic E-state index is 0.235. The van der Waals surface area contributed by atoms with Crippen molar-refractivity contribution < 1.29 is 10.2 Å². The first-order valence-electron chi connectivity index (χ1n) is 10.3. The molecule has 0 bridgehead atoms. The summed E-state index contributed by atoms with van der Waals surface area (Å²) in [6.45, 7) is 6.49. The Morgan fingerprint density at radius 3 is 1.80 bits per heavy atom. The van der Waals surface area contributed by atoms with E-state index in [0.29, 0.717) is 5.92 Å². The summed E-state index contributed by atoms with van der Waals surface area (Å²) < 4.78 is 1.98. The number of phenols is 2. The van der Waals surface area contributed by atoms with E-state index in [1.54, 1.807) is 24.3 Å². The first kappa shape index (κ1) is 19.8. The molecule has 3 aromatic carbocycles. The van der Waals surface area contributed by atoms with Gasteiger partial charge in [-0.2, -0.15) is 5.10 Å². The maximum Gasteiger partial charge on any atom is 0.115 e. The second kappa shape index (κ2) is 8.07. The monoisotopic (exact) mass is 398 g/mol. The molecule has 0 aliphatic rings. The lowest BCUT2D eigenvalue weighted by molar-refractivity contribution is 0.475. The molecule has 0 amide bonds. The molecule has 152 valence electrons. The lowest BCUT2D eigenvalue weighted by Crippen LogP contribution is -2.00. The van der Waals surface area contributed by atoms with Gasteiger partial charge >= 0.3 is 0 Å². The number of rotatable bonds is 5. The highest BCUT2D eigenvalue weighted by Gasteiger charge is 2.20. The van der Waals surface area contributed by atoms with Crippen LogP contribution in [-0.4, -0.2) is 20.0 Å². The van der Waals surface area contributed by atoms with E-state index in [0.717, 1.165) is 40.2 Å². The first-order valence-corrected chi connectivity index (χ1v) is 10.3. The van der Waals surface area contributed by atoms with Crippen LogP contribution in [0.5, 0.6) is 11.5 Å². The Morgan fingerprint density at radius 2 is 1.30 bits per heavy atom. The average molecular weight is 399 g/mol. The van der Waals surface area contributed by atoms with E-state index in [2.05, 4.69) is 45.0 Å². The molecule has 30 heavy (non-hydrogen) atoms. The Hall–Kier alpha value is -3.53. The van der Waals surface area contributed by atoms with Gasteiger partial charge in [0.1, 0.15) is 11.5 Å². The van der Waals surface area contributed by atoms with E-state index in [4.69, 9.17) is 5.10 Å². The molecule has 0 spiro atoms. The van der Waals surface area contributed by atoms with Crippen LogP contribution in [0.4, 0.5) is 0 Å². The van der Waals surface area contributed by atoms with Crippen LogP contribution in [0.15, 0.2) is 72.8 Å². The van der Waals surface area contributed by atoms with Crippen molar-refractivity contribution in [2.75, 3.05) is 0 Å². The number of hydrogen-bond acceptors (Lipinski definition) is 3. The van der Waals surface area contributed by atoms with Crippen molar-refractivity contribution in [2.45, 2.75) is 33.1 Å². The molecule has 0 aliphatic heterocycles. The zero-order valence-corrected chi connectivity index (χ0v) is 17.5. The van der Waals surface area contributed by atoms with Crippen molar-refractivity contribution in [3.63, 3.8) is 0 Å². The summed E-state index contributed by atoms with van der Waals surface area (Å²) in [6.07, 6.45) is 0.802. The van der Waals surface area contributed by atoms with Gasteiger partial charge in [0.05, 0.1) is 17.1 Å². The molecule has 1 heterocycles. The molecule has 1 aromatic heterocycles. The Labute approximate surface area is 177 Å². The standard InChI is InChI=1S/C26H26N2O2/c1-4-24-25(19-7-13-22(29)14-8-19)27-28(21-11-5-18(6-12-21)17(2)3)26(24)20-9-15-23(30)16-10-20/h5-17,29-30H,4H2,1-3H3. The van der Waals surface area contributed by atoms with Gasteiger partial charge in [0.2, 0.25) is 0 Å². The van der Waals surface area contributed by atoms with Gasteiger partial charge in [-0.05, 0) is 78.6 Å². The quantitative estimate of drug-likeness (QED) is 0.414. The van der Waals surface area contributed by atoms with Crippen LogP contribution in [-0.2, 0) is 6.42 Å². The van der Waals surface area contributed by atoms with E-state index >= 15 is 0 Å². The van der Waals surface area contributed by atoms with E-state index < -0.39 is 0 Å². The second-order valence-electron chi connectivity index (χ2n) is 7.78. The van der Waals surface area contributed by atoms with Gasteiger partial charge in [-0.3, -0.25) is 0 Å². The van der Waals surface area contributed by atoms with Crippen molar-refractivity contribution in [1.29, 1.82) is 0 Å². The predicted molar refractivity (Wildman–Crippen MR) is 121 cm³/mol. The number of benzene rings is 3. The van der Waals surface area contributed by atoms with E-state index in [1.165, 1.54) is 5.56 Å². The van der Waals surface area contributed by atoms with Crippen molar-refractivity contribution in [1.82, 2.24) is 9.78 Å². The second-order valence-corrected chi connectivity index (χ2v) is 7.78. The summed E-state index contributed by atoms with van der Waals surface area (Å²) in [7, 11) is 0. The molecule has 2 N–H and O–H groups in total. The van der Waals surface area contributed by atoms with Crippen molar-refractivity contribution >= 4 is 0 Å². The predicted octanol–water partition coefficient (Wildman–Crippen LogP) is 6.30. The van der Waals surface area contributed by atoms with Crippen LogP contribution in [0.1, 0.15) is 37.8 Å². The van der Waals surface area contributed by atoms with Crippen molar-refractivity contribution in [3.8, 4) is 39.7 Å². The van der Waals surface area contributed by atoms with Gasteiger partial charge in [0.25, 0.3) is 0 Å². The third-order valence-corrected chi connectivity index (χ3v) is 5.42. The Balaban J connectivity index is 1.95. The number of aromatic nitrogens is 2. The highest BCUT2D eigenvalue weighted by molar-refractivity contribution is 5.76. The Morgan fingerprint density at radius 1 is 0.767 bits per heavy atom. The highest BCUT2D eigenvalue weighted by atomic mass is 16.3. The number of hydrogen-bond donors (Lipinski definition) is 2. The summed E-state index contributed by atoms with van der Waals surface area (Å²) in [4.78, 5) is 0. The summed E-state index contributed by atoms with van der Waals surface area (Å²) in [5.41, 5.74) is 7.26. The molecule has 4 nitrogen and oxygen atoms in total. The number of nitrogens with zero attached hydrogens (tertiary/aromatic N) is 2. The minimum Gasteiger partial charge on any atom is -0.508 e. The van der Waals surface area contributed by atoms with Gasteiger partial charge in [-0.15, -0.1) is 0 Å². The molecule has 0 radical (unpaired) electrons. The fourth-order valence-electron chi connectivity index (χ4n) is 3.74. The van der Waals surface area contributed by atoms with Crippen molar-refractivity contribution in [2.24, 2.45) is 0 Å². The third kappa shape index (κ3) is 3.69. The zero-order valence-electron chi connectivity index (χ0n) is 17.5. The third-order valence-electron chi connectivity index (χ3n) is 5.42. The van der Waals surface area contributed by atoms with Crippen LogP contribution in [0.3, 0.4) is 0 Å². The molecular formula is C26H26N2O2. The molecule has 0 saturated heterocycles. The maximum atomic E-state index is 9.76. The maximum absolute atomic E-state index is 9.76. The largest absolute Gasteiger partial charge is 0.508 e. The van der Waals surface area contributed by atoms with Gasteiger partial charge in [0.15, 0.2) is 0 Å². The Kier molecular flexibility index (Phi) is 5.32. The first-order chi connectivity index (χ1) is 14.5. The fraction of sp³-hybridized carbons (Fsp3) is 0.192. The molecule has 0 unspecified atom stereocenters. The van der Waals surface area contributed by atoms with Gasteiger partial charge in [-0.1, -0.05) is 32.9 Å². The molecule has 0 aliphatic carbocycles. The fourth-order valence-corrected chi connectivity index (χ4v) is 3.74. The number of phenolic OH excluding ortho intramolecular Hbond substituents is 2. The summed E-state index contributed by atoms with van der Waals surface area (Å²) in [5.74, 6) is 0.939. The molecule has 0 saturated carbocycles. The molecule has 4 rings (SSSR count). The summed E-state index contributed by atoms with van der Waals surface area (Å²) in [5, 5.41) is 24.5. The van der Waals surface area contributed by atoms with Gasteiger partial charge in [-0.25, -0.2) is 4.68 Å². The zero-order chi connectivity index (χ0) is 21.3. The van der Waals surface area contributed by atoms with E-state index in [1.807, 2.05) is 28.9 Å². The average Bonchev–Trinajstić information content (AvgIpc) is 3.14. The number of aromatic hydroxyl groups is 2. The molecule has 0 fully saturated rings. The van der Waals surface area contributed by atoms with Crippen molar-refractivity contribution in [3.05, 3.63) is 83.9 Å². The lowest BCUT2D eigenvalue weighted by atomic mass is 9.99. The SMILES string of the molecule is CCc1c(-c2ccc(O)cc2)nn(-c2ccc(C(C)C)cc2)c1-c1ccc(O)cc1. The van der Waals surface area contributed by atoms with E-state index in [9.17, 15) is 10.2 Å². The molecule has 4 heteroatoms. The Bertz CT molecular complexity index is 1140. The van der Waals surface area contributed by atoms with Gasteiger partial charge in [0, 0.05) is 16.7 Å². The van der Waals surface area contributed by atoms with Crippen LogP contribution in [0, 0.1) is 0 Å².